The van der Waals surface area contributed by atoms with Crippen LogP contribution in [0.1, 0.15) is 56.3 Å². The van der Waals surface area contributed by atoms with Gasteiger partial charge in [-0.15, -0.1) is 0 Å². The number of halogens is 1. The number of benzene rings is 1. The molecule has 18 heavy (non-hydrogen) atoms. The zero-order valence-electron chi connectivity index (χ0n) is 11.1. The van der Waals surface area contributed by atoms with Gasteiger partial charge < -0.3 is 5.11 Å². The summed E-state index contributed by atoms with van der Waals surface area (Å²) in [5.41, 5.74) is 0.0794. The molecule has 0 amide bonds. The molecule has 1 rings (SSSR count). The second kappa shape index (κ2) is 7.14. The first-order valence-corrected chi connectivity index (χ1v) is 6.59. The minimum Gasteiger partial charge on any atom is -0.508 e. The number of carbonyl (C=O) groups excluding carboxylic acids is 1. The Morgan fingerprint density at radius 1 is 1.33 bits per heavy atom. The first-order valence-electron chi connectivity index (χ1n) is 6.59. The van der Waals surface area contributed by atoms with Crippen LogP contribution in [-0.2, 0) is 0 Å². The van der Waals surface area contributed by atoms with Gasteiger partial charge >= 0.3 is 0 Å². The van der Waals surface area contributed by atoms with Gasteiger partial charge in [0.1, 0.15) is 11.6 Å². The van der Waals surface area contributed by atoms with Crippen LogP contribution in [0.3, 0.4) is 0 Å². The van der Waals surface area contributed by atoms with E-state index < -0.39 is 5.82 Å². The van der Waals surface area contributed by atoms with Gasteiger partial charge in [-0.1, -0.05) is 39.5 Å². The molecule has 0 bridgehead atoms. The maximum Gasteiger partial charge on any atom is 0.168 e. The molecule has 0 aliphatic rings. The number of ketones is 1. The molecule has 1 unspecified atom stereocenters. The lowest BCUT2D eigenvalue weighted by atomic mass is 9.93. The van der Waals surface area contributed by atoms with E-state index in [9.17, 15) is 9.18 Å². The maximum absolute atomic E-state index is 13.5. The second-order valence-electron chi connectivity index (χ2n) is 4.78. The van der Waals surface area contributed by atoms with Gasteiger partial charge in [-0.25, -0.2) is 4.39 Å². The molecule has 100 valence electrons. The van der Waals surface area contributed by atoms with Gasteiger partial charge in [0.2, 0.25) is 0 Å². The van der Waals surface area contributed by atoms with E-state index in [1.165, 1.54) is 18.6 Å². The van der Waals surface area contributed by atoms with Crippen LogP contribution in [-0.4, -0.2) is 10.9 Å². The number of rotatable bonds is 7. The Labute approximate surface area is 108 Å². The van der Waals surface area contributed by atoms with Crippen molar-refractivity contribution in [1.29, 1.82) is 0 Å². The van der Waals surface area contributed by atoms with Crippen molar-refractivity contribution in [2.24, 2.45) is 5.92 Å². The highest BCUT2D eigenvalue weighted by Gasteiger charge is 2.18. The minimum absolute atomic E-state index is 0.0794. The topological polar surface area (TPSA) is 37.3 Å². The summed E-state index contributed by atoms with van der Waals surface area (Å²) in [5, 5.41) is 9.11. The van der Waals surface area contributed by atoms with Crippen molar-refractivity contribution >= 4 is 5.78 Å². The molecule has 1 aromatic carbocycles. The highest BCUT2D eigenvalue weighted by Crippen LogP contribution is 2.21. The molecule has 0 aromatic heterocycles. The third kappa shape index (κ3) is 4.13. The van der Waals surface area contributed by atoms with Crippen LogP contribution in [0.4, 0.5) is 4.39 Å². The van der Waals surface area contributed by atoms with Crippen LogP contribution in [0, 0.1) is 11.7 Å². The van der Waals surface area contributed by atoms with Crippen LogP contribution >= 0.6 is 0 Å². The molecule has 0 heterocycles. The first kappa shape index (κ1) is 14.7. The lowest BCUT2D eigenvalue weighted by molar-refractivity contribution is 0.0918. The van der Waals surface area contributed by atoms with Gasteiger partial charge in [-0.3, -0.25) is 4.79 Å². The number of Topliss-reactive ketones (excluding diaryl/α,β-unsaturated/α-hetero) is 1. The summed E-state index contributed by atoms with van der Waals surface area (Å²) < 4.78 is 13.5. The summed E-state index contributed by atoms with van der Waals surface area (Å²) in [6, 6.07) is 3.69. The molecular formula is C15H21FO2. The molecule has 1 atom stereocenters. The van der Waals surface area contributed by atoms with Gasteiger partial charge in [0.25, 0.3) is 0 Å². The fourth-order valence-electron chi connectivity index (χ4n) is 1.98. The summed E-state index contributed by atoms with van der Waals surface area (Å²) in [7, 11) is 0. The maximum atomic E-state index is 13.5. The zero-order valence-corrected chi connectivity index (χ0v) is 11.1. The molecule has 0 aliphatic carbocycles. The molecule has 1 aromatic rings. The Bertz CT molecular complexity index is 401. The van der Waals surface area contributed by atoms with Crippen molar-refractivity contribution in [2.45, 2.75) is 46.0 Å². The number of unbranched alkanes of at least 4 members (excludes halogenated alkanes) is 3. The van der Waals surface area contributed by atoms with Crippen molar-refractivity contribution < 1.29 is 14.3 Å². The fourth-order valence-corrected chi connectivity index (χ4v) is 1.98. The molecular weight excluding hydrogens is 231 g/mol. The number of phenolic OH excluding ortho intramolecular Hbond substituents is 1. The molecule has 0 aliphatic heterocycles. The number of aromatic hydroxyl groups is 1. The molecule has 0 radical (unpaired) electrons. The smallest absolute Gasteiger partial charge is 0.168 e. The van der Waals surface area contributed by atoms with Gasteiger partial charge in [-0.2, -0.15) is 0 Å². The Morgan fingerprint density at radius 2 is 2.06 bits per heavy atom. The quantitative estimate of drug-likeness (QED) is 0.579. The Hall–Kier alpha value is -1.38. The Morgan fingerprint density at radius 3 is 2.67 bits per heavy atom. The summed E-state index contributed by atoms with van der Waals surface area (Å²) in [5.74, 6) is -1.13. The van der Waals surface area contributed by atoms with Crippen LogP contribution in [0.2, 0.25) is 0 Å². The number of phenols is 1. The number of carbonyl (C=O) groups is 1. The highest BCUT2D eigenvalue weighted by atomic mass is 19.1. The van der Waals surface area contributed by atoms with Gasteiger partial charge in [0.15, 0.2) is 5.78 Å². The van der Waals surface area contributed by atoms with Gasteiger partial charge in [-0.05, 0) is 18.6 Å². The van der Waals surface area contributed by atoms with E-state index >= 15 is 0 Å². The van der Waals surface area contributed by atoms with Crippen molar-refractivity contribution in [1.82, 2.24) is 0 Å². The summed E-state index contributed by atoms with van der Waals surface area (Å²) >= 11 is 0. The lowest BCUT2D eigenvalue weighted by Crippen LogP contribution is -2.13. The van der Waals surface area contributed by atoms with Crippen molar-refractivity contribution in [2.75, 3.05) is 0 Å². The van der Waals surface area contributed by atoms with E-state index in [4.69, 9.17) is 5.11 Å². The van der Waals surface area contributed by atoms with E-state index in [1.54, 1.807) is 0 Å². The van der Waals surface area contributed by atoms with Crippen LogP contribution in [0.15, 0.2) is 18.2 Å². The van der Waals surface area contributed by atoms with Crippen molar-refractivity contribution in [3.05, 3.63) is 29.6 Å². The third-order valence-corrected chi connectivity index (χ3v) is 3.16. The molecule has 1 N–H and O–H groups in total. The van der Waals surface area contributed by atoms with Crippen LogP contribution in [0.25, 0.3) is 0 Å². The minimum atomic E-state index is -0.639. The highest BCUT2D eigenvalue weighted by molar-refractivity contribution is 5.97. The third-order valence-electron chi connectivity index (χ3n) is 3.16. The van der Waals surface area contributed by atoms with E-state index in [0.29, 0.717) is 0 Å². The van der Waals surface area contributed by atoms with E-state index in [2.05, 4.69) is 6.92 Å². The van der Waals surface area contributed by atoms with Crippen LogP contribution in [0.5, 0.6) is 5.75 Å². The standard InChI is InChI=1S/C15H21FO2/c1-3-4-5-6-7-11(2)15(18)13-9-8-12(17)10-14(13)16/h8-11,17H,3-7H2,1-2H3. The predicted octanol–water partition coefficient (Wildman–Crippen LogP) is 4.32. The second-order valence-corrected chi connectivity index (χ2v) is 4.78. The largest absolute Gasteiger partial charge is 0.508 e. The monoisotopic (exact) mass is 252 g/mol. The first-order chi connectivity index (χ1) is 8.56. The van der Waals surface area contributed by atoms with E-state index in [0.717, 1.165) is 31.7 Å². The molecule has 3 heteroatoms. The molecule has 2 nitrogen and oxygen atoms in total. The van der Waals surface area contributed by atoms with E-state index in [-0.39, 0.29) is 23.0 Å². The fraction of sp³-hybridized carbons (Fsp3) is 0.533. The van der Waals surface area contributed by atoms with Crippen LogP contribution < -0.4 is 0 Å². The van der Waals surface area contributed by atoms with Gasteiger partial charge in [0, 0.05) is 12.0 Å². The summed E-state index contributed by atoms with van der Waals surface area (Å²) in [6.07, 6.45) is 5.25. The zero-order chi connectivity index (χ0) is 13.5. The normalized spacial score (nSPS) is 12.4. The van der Waals surface area contributed by atoms with Crippen molar-refractivity contribution in [3.63, 3.8) is 0 Å². The molecule has 0 saturated carbocycles. The Balaban J connectivity index is 2.57. The lowest BCUT2D eigenvalue weighted by Gasteiger charge is -2.11. The van der Waals surface area contributed by atoms with Crippen molar-refractivity contribution in [3.8, 4) is 5.75 Å². The van der Waals surface area contributed by atoms with E-state index in [1.807, 2.05) is 6.92 Å². The molecule has 0 fully saturated rings. The molecule has 0 spiro atoms. The average molecular weight is 252 g/mol. The Kier molecular flexibility index (Phi) is 5.83. The summed E-state index contributed by atoms with van der Waals surface area (Å²) in [6.45, 7) is 3.97. The average Bonchev–Trinajstić information content (AvgIpc) is 2.33. The number of hydrogen-bond acceptors (Lipinski definition) is 2. The SMILES string of the molecule is CCCCCCC(C)C(=O)c1ccc(O)cc1F. The summed E-state index contributed by atoms with van der Waals surface area (Å²) in [4.78, 5) is 12.0. The van der Waals surface area contributed by atoms with Gasteiger partial charge in [0.05, 0.1) is 5.56 Å². The number of hydrogen-bond donors (Lipinski definition) is 1. The predicted molar refractivity (Wildman–Crippen MR) is 70.3 cm³/mol. The molecule has 0 saturated heterocycles.